The molecule has 4 heteroatoms. The van der Waals surface area contributed by atoms with Crippen molar-refractivity contribution in [3.63, 3.8) is 0 Å². The summed E-state index contributed by atoms with van der Waals surface area (Å²) >= 11 is 1.89. The normalized spacial score (nSPS) is 23.8. The number of hydrogen-bond acceptors (Lipinski definition) is 4. The molecule has 0 aliphatic carbocycles. The summed E-state index contributed by atoms with van der Waals surface area (Å²) < 4.78 is 0. The Labute approximate surface area is 108 Å². The molecule has 1 aliphatic heterocycles. The highest BCUT2D eigenvalue weighted by Crippen LogP contribution is 2.32. The van der Waals surface area contributed by atoms with Crippen molar-refractivity contribution in [2.24, 2.45) is 0 Å². The Morgan fingerprint density at radius 2 is 2.41 bits per heavy atom. The van der Waals surface area contributed by atoms with Crippen molar-refractivity contribution in [2.45, 2.75) is 44.7 Å². The van der Waals surface area contributed by atoms with Gasteiger partial charge in [-0.25, -0.2) is 4.98 Å². The van der Waals surface area contributed by atoms with Gasteiger partial charge in [-0.2, -0.15) is 0 Å². The van der Waals surface area contributed by atoms with Crippen LogP contribution in [0.1, 0.15) is 42.1 Å². The molecule has 1 saturated heterocycles. The molecule has 1 N–H and O–H groups in total. The number of rotatable bonds is 4. The first-order valence-electron chi connectivity index (χ1n) is 6.53. The van der Waals surface area contributed by atoms with Crippen LogP contribution in [0.2, 0.25) is 0 Å². The zero-order valence-electron chi connectivity index (χ0n) is 11.1. The first-order chi connectivity index (χ1) is 8.20. The van der Waals surface area contributed by atoms with Crippen LogP contribution in [0.25, 0.3) is 0 Å². The number of thiazole rings is 1. The third-order valence-electron chi connectivity index (χ3n) is 3.63. The quantitative estimate of drug-likeness (QED) is 0.893. The lowest BCUT2D eigenvalue weighted by atomic mass is 10.0. The Balaban J connectivity index is 2.01. The first kappa shape index (κ1) is 13.0. The largest absolute Gasteiger partial charge is 0.317 e. The second-order valence-corrected chi connectivity index (χ2v) is 6.20. The first-order valence-corrected chi connectivity index (χ1v) is 7.34. The molecule has 17 heavy (non-hydrogen) atoms. The van der Waals surface area contributed by atoms with Gasteiger partial charge in [0, 0.05) is 17.1 Å². The van der Waals surface area contributed by atoms with Crippen molar-refractivity contribution in [1.29, 1.82) is 0 Å². The van der Waals surface area contributed by atoms with Gasteiger partial charge < -0.3 is 5.32 Å². The highest BCUT2D eigenvalue weighted by Gasteiger charge is 2.23. The summed E-state index contributed by atoms with van der Waals surface area (Å²) in [6.45, 7) is 3.43. The van der Waals surface area contributed by atoms with E-state index in [1.165, 1.54) is 35.7 Å². The molecule has 0 aromatic carbocycles. The Bertz CT molecular complexity index is 350. The number of aromatic nitrogens is 1. The highest BCUT2D eigenvalue weighted by atomic mass is 32.1. The van der Waals surface area contributed by atoms with Crippen LogP contribution in [0, 0.1) is 0 Å². The molecule has 1 aliphatic rings. The van der Waals surface area contributed by atoms with Crippen molar-refractivity contribution < 1.29 is 0 Å². The molecule has 1 fully saturated rings. The predicted molar refractivity (Wildman–Crippen MR) is 73.6 cm³/mol. The highest BCUT2D eigenvalue weighted by molar-refractivity contribution is 7.11. The van der Waals surface area contributed by atoms with E-state index in [1.807, 2.05) is 18.4 Å². The topological polar surface area (TPSA) is 28.2 Å². The molecule has 0 radical (unpaired) electrons. The summed E-state index contributed by atoms with van der Waals surface area (Å²) in [5.41, 5.74) is 0. The third kappa shape index (κ3) is 3.27. The van der Waals surface area contributed by atoms with Crippen molar-refractivity contribution in [2.75, 3.05) is 20.6 Å². The number of likely N-dealkylation sites (N-methyl/N-ethyl adjacent to an activating group) is 1. The van der Waals surface area contributed by atoms with Crippen LogP contribution in [0.3, 0.4) is 0 Å². The average molecular weight is 253 g/mol. The standard InChI is InChI=1S/C13H23N3S/c1-10(14-2)8-11-9-15-13(17-11)12-6-4-5-7-16(12)3/h9-10,12,14H,4-8H2,1-3H3. The minimum Gasteiger partial charge on any atom is -0.317 e. The van der Waals surface area contributed by atoms with E-state index in [0.717, 1.165) is 6.42 Å². The fourth-order valence-electron chi connectivity index (χ4n) is 2.36. The predicted octanol–water partition coefficient (Wildman–Crippen LogP) is 2.45. The number of likely N-dealkylation sites (tertiary alicyclic amines) is 1. The van der Waals surface area contributed by atoms with E-state index in [0.29, 0.717) is 12.1 Å². The molecular weight excluding hydrogens is 230 g/mol. The van der Waals surface area contributed by atoms with Crippen molar-refractivity contribution in [3.8, 4) is 0 Å². The number of hydrogen-bond donors (Lipinski definition) is 1. The second kappa shape index (κ2) is 5.94. The average Bonchev–Trinajstić information content (AvgIpc) is 2.78. The van der Waals surface area contributed by atoms with Gasteiger partial charge in [-0.3, -0.25) is 4.90 Å². The smallest absolute Gasteiger partial charge is 0.110 e. The van der Waals surface area contributed by atoms with Crippen LogP contribution in [-0.4, -0.2) is 36.6 Å². The zero-order valence-corrected chi connectivity index (χ0v) is 11.9. The molecular formula is C13H23N3S. The summed E-state index contributed by atoms with van der Waals surface area (Å²) in [6.07, 6.45) is 7.10. The van der Waals surface area contributed by atoms with Crippen LogP contribution in [0.15, 0.2) is 6.20 Å². The van der Waals surface area contributed by atoms with E-state index >= 15 is 0 Å². The Hall–Kier alpha value is -0.450. The van der Waals surface area contributed by atoms with Gasteiger partial charge in [-0.15, -0.1) is 11.3 Å². The summed E-state index contributed by atoms with van der Waals surface area (Å²) in [4.78, 5) is 8.48. The minimum absolute atomic E-state index is 0.535. The van der Waals surface area contributed by atoms with Crippen LogP contribution in [0.4, 0.5) is 0 Å². The van der Waals surface area contributed by atoms with Gasteiger partial charge in [0.2, 0.25) is 0 Å². The molecule has 1 aromatic heterocycles. The van der Waals surface area contributed by atoms with Crippen LogP contribution in [0.5, 0.6) is 0 Å². The monoisotopic (exact) mass is 253 g/mol. The SMILES string of the molecule is CNC(C)Cc1cnc(C2CCCCN2C)s1. The summed E-state index contributed by atoms with van der Waals surface area (Å²) in [5.74, 6) is 0. The lowest BCUT2D eigenvalue weighted by molar-refractivity contribution is 0.187. The van der Waals surface area contributed by atoms with E-state index in [4.69, 9.17) is 0 Å². The van der Waals surface area contributed by atoms with Crippen LogP contribution < -0.4 is 5.32 Å². The molecule has 2 heterocycles. The summed E-state index contributed by atoms with van der Waals surface area (Å²) in [6, 6.07) is 1.10. The minimum atomic E-state index is 0.535. The van der Waals surface area contributed by atoms with Crippen molar-refractivity contribution in [3.05, 3.63) is 16.1 Å². The molecule has 2 rings (SSSR count). The van der Waals surface area contributed by atoms with E-state index in [1.54, 1.807) is 0 Å². The maximum atomic E-state index is 4.63. The molecule has 3 nitrogen and oxygen atoms in total. The van der Waals surface area contributed by atoms with Gasteiger partial charge in [0.05, 0.1) is 6.04 Å². The third-order valence-corrected chi connectivity index (χ3v) is 4.75. The van der Waals surface area contributed by atoms with Gasteiger partial charge in [-0.1, -0.05) is 6.42 Å². The summed E-state index contributed by atoms with van der Waals surface area (Å²) in [7, 11) is 4.24. The molecule has 0 amide bonds. The van der Waals surface area contributed by atoms with Gasteiger partial charge in [0.1, 0.15) is 5.01 Å². The molecule has 2 atom stereocenters. The summed E-state index contributed by atoms with van der Waals surface area (Å²) in [5, 5.41) is 4.59. The molecule has 0 saturated carbocycles. The molecule has 2 unspecified atom stereocenters. The van der Waals surface area contributed by atoms with Crippen molar-refractivity contribution in [1.82, 2.24) is 15.2 Å². The second-order valence-electron chi connectivity index (χ2n) is 5.05. The molecule has 96 valence electrons. The maximum Gasteiger partial charge on any atom is 0.110 e. The Kier molecular flexibility index (Phi) is 4.54. The fraction of sp³-hybridized carbons (Fsp3) is 0.769. The molecule has 0 spiro atoms. The number of piperidine rings is 1. The van der Waals surface area contributed by atoms with Crippen LogP contribution in [-0.2, 0) is 6.42 Å². The Morgan fingerprint density at radius 1 is 1.59 bits per heavy atom. The van der Waals surface area contributed by atoms with E-state index < -0.39 is 0 Å². The van der Waals surface area contributed by atoms with E-state index in [2.05, 4.69) is 35.4 Å². The molecule has 0 bridgehead atoms. The fourth-order valence-corrected chi connectivity index (χ4v) is 3.61. The zero-order chi connectivity index (χ0) is 12.3. The van der Waals surface area contributed by atoms with Gasteiger partial charge in [0.25, 0.3) is 0 Å². The lowest BCUT2D eigenvalue weighted by Gasteiger charge is -2.30. The van der Waals surface area contributed by atoms with Gasteiger partial charge in [-0.05, 0) is 46.8 Å². The Morgan fingerprint density at radius 3 is 3.12 bits per heavy atom. The number of nitrogens with zero attached hydrogens (tertiary/aromatic N) is 2. The van der Waals surface area contributed by atoms with Crippen molar-refractivity contribution >= 4 is 11.3 Å². The molecule has 1 aromatic rings. The van der Waals surface area contributed by atoms with E-state index in [9.17, 15) is 0 Å². The van der Waals surface area contributed by atoms with Crippen LogP contribution >= 0.6 is 11.3 Å². The van der Waals surface area contributed by atoms with Gasteiger partial charge >= 0.3 is 0 Å². The maximum absolute atomic E-state index is 4.63. The number of nitrogens with one attached hydrogen (secondary N) is 1. The lowest BCUT2D eigenvalue weighted by Crippen LogP contribution is -2.29. The van der Waals surface area contributed by atoms with E-state index in [-0.39, 0.29) is 0 Å². The van der Waals surface area contributed by atoms with Gasteiger partial charge in [0.15, 0.2) is 0 Å².